The lowest BCUT2D eigenvalue weighted by atomic mass is 10.2. The average Bonchev–Trinajstić information content (AvgIpc) is 3.15. The van der Waals surface area contributed by atoms with E-state index in [1.807, 2.05) is 24.6 Å². The molecule has 2 aromatic rings. The second-order valence-corrected chi connectivity index (χ2v) is 11.0. The quantitative estimate of drug-likeness (QED) is 0.476. The maximum absolute atomic E-state index is 13.5. The SMILES string of the molecule is CC(C)N/C(=N\C=N)c1cn2c(n1)-c1cc(S(=O)(=O)N3CCN(C(C)C)CC3)ccc1OCC2. The van der Waals surface area contributed by atoms with Gasteiger partial charge in [0.2, 0.25) is 10.0 Å². The second-order valence-electron chi connectivity index (χ2n) is 9.09. The summed E-state index contributed by atoms with van der Waals surface area (Å²) in [6.45, 7) is 11.6. The van der Waals surface area contributed by atoms with Gasteiger partial charge in [-0.05, 0) is 45.9 Å². The van der Waals surface area contributed by atoms with Crippen LogP contribution in [0.15, 0.2) is 34.3 Å². The number of nitrogens with one attached hydrogen (secondary N) is 2. The van der Waals surface area contributed by atoms with Gasteiger partial charge in [-0.25, -0.2) is 18.4 Å². The molecule has 34 heavy (non-hydrogen) atoms. The summed E-state index contributed by atoms with van der Waals surface area (Å²) in [6, 6.07) is 5.51. The van der Waals surface area contributed by atoms with Gasteiger partial charge in [-0.15, -0.1) is 0 Å². The summed E-state index contributed by atoms with van der Waals surface area (Å²) in [7, 11) is -3.64. The van der Waals surface area contributed by atoms with Crippen molar-refractivity contribution < 1.29 is 13.2 Å². The topological polar surface area (TPSA) is 116 Å². The lowest BCUT2D eigenvalue weighted by molar-refractivity contribution is 0.154. The van der Waals surface area contributed by atoms with Gasteiger partial charge < -0.3 is 14.6 Å². The van der Waals surface area contributed by atoms with Crippen LogP contribution < -0.4 is 10.1 Å². The van der Waals surface area contributed by atoms with E-state index in [4.69, 9.17) is 15.1 Å². The molecule has 0 spiro atoms. The maximum atomic E-state index is 13.5. The third kappa shape index (κ3) is 4.86. The number of ether oxygens (including phenoxy) is 1. The van der Waals surface area contributed by atoms with E-state index in [0.717, 1.165) is 19.4 Å². The Morgan fingerprint density at radius 2 is 1.91 bits per heavy atom. The lowest BCUT2D eigenvalue weighted by Crippen LogP contribution is -2.50. The maximum Gasteiger partial charge on any atom is 0.243 e. The van der Waals surface area contributed by atoms with Crippen LogP contribution in [-0.4, -0.2) is 84.2 Å². The molecule has 0 atom stereocenters. The molecule has 0 aliphatic carbocycles. The summed E-state index contributed by atoms with van der Waals surface area (Å²) in [5.74, 6) is 1.72. The van der Waals surface area contributed by atoms with Gasteiger partial charge in [-0.3, -0.25) is 10.3 Å². The predicted molar refractivity (Wildman–Crippen MR) is 132 cm³/mol. The zero-order valence-corrected chi connectivity index (χ0v) is 21.0. The normalized spacial score (nSPS) is 17.8. The highest BCUT2D eigenvalue weighted by molar-refractivity contribution is 7.89. The van der Waals surface area contributed by atoms with Crippen LogP contribution in [0.5, 0.6) is 5.75 Å². The fourth-order valence-corrected chi connectivity index (χ4v) is 5.71. The van der Waals surface area contributed by atoms with Gasteiger partial charge >= 0.3 is 0 Å². The zero-order chi connectivity index (χ0) is 24.5. The molecule has 1 fully saturated rings. The minimum Gasteiger partial charge on any atom is -0.491 e. The van der Waals surface area contributed by atoms with Crippen molar-refractivity contribution in [3.8, 4) is 17.1 Å². The van der Waals surface area contributed by atoms with E-state index in [-0.39, 0.29) is 10.9 Å². The minimum atomic E-state index is -3.64. The number of hydrogen-bond acceptors (Lipinski definition) is 6. The molecule has 0 saturated carbocycles. The van der Waals surface area contributed by atoms with Gasteiger partial charge in [-0.1, -0.05) is 0 Å². The number of hydrogen-bond donors (Lipinski definition) is 2. The average molecular weight is 488 g/mol. The van der Waals surface area contributed by atoms with Gasteiger partial charge in [-0.2, -0.15) is 4.31 Å². The predicted octanol–water partition coefficient (Wildman–Crippen LogP) is 2.01. The van der Waals surface area contributed by atoms with Crippen LogP contribution in [-0.2, 0) is 16.6 Å². The fraction of sp³-hybridized carbons (Fsp3) is 0.522. The molecule has 10 nitrogen and oxygen atoms in total. The molecule has 3 heterocycles. The first kappa shape index (κ1) is 24.4. The Balaban J connectivity index is 1.69. The molecule has 1 aromatic carbocycles. The molecule has 0 amide bonds. The molecular weight excluding hydrogens is 454 g/mol. The van der Waals surface area contributed by atoms with Crippen LogP contribution in [0.4, 0.5) is 0 Å². The number of piperazine rings is 1. The largest absolute Gasteiger partial charge is 0.491 e. The molecule has 1 saturated heterocycles. The Morgan fingerprint density at radius 3 is 2.56 bits per heavy atom. The zero-order valence-electron chi connectivity index (χ0n) is 20.2. The fourth-order valence-electron chi connectivity index (χ4n) is 4.26. The molecular formula is C23H33N7O3S. The van der Waals surface area contributed by atoms with Gasteiger partial charge in [0.25, 0.3) is 0 Å². The molecule has 4 rings (SSSR count). The van der Waals surface area contributed by atoms with Crippen molar-refractivity contribution in [1.82, 2.24) is 24.1 Å². The molecule has 11 heteroatoms. The van der Waals surface area contributed by atoms with E-state index in [9.17, 15) is 8.42 Å². The van der Waals surface area contributed by atoms with E-state index in [0.29, 0.717) is 60.9 Å². The monoisotopic (exact) mass is 487 g/mol. The van der Waals surface area contributed by atoms with E-state index in [1.54, 1.807) is 22.5 Å². The molecule has 1 aromatic heterocycles. The Morgan fingerprint density at radius 1 is 1.18 bits per heavy atom. The molecule has 0 bridgehead atoms. The van der Waals surface area contributed by atoms with Crippen molar-refractivity contribution in [2.75, 3.05) is 32.8 Å². The molecule has 0 unspecified atom stereocenters. The number of aliphatic imine (C=N–C) groups is 1. The van der Waals surface area contributed by atoms with Gasteiger partial charge in [0.1, 0.15) is 30.2 Å². The Bertz CT molecular complexity index is 1180. The number of rotatable bonds is 6. The number of imidazole rings is 1. The Labute approximate surface area is 201 Å². The first-order valence-electron chi connectivity index (χ1n) is 11.6. The lowest BCUT2D eigenvalue weighted by Gasteiger charge is -2.36. The number of fused-ring (bicyclic) bond motifs is 3. The minimum absolute atomic E-state index is 0.115. The summed E-state index contributed by atoms with van der Waals surface area (Å²) in [6.07, 6.45) is 2.84. The van der Waals surface area contributed by atoms with Gasteiger partial charge in [0.15, 0.2) is 5.84 Å². The van der Waals surface area contributed by atoms with Crippen molar-refractivity contribution in [2.24, 2.45) is 4.99 Å². The highest BCUT2D eigenvalue weighted by atomic mass is 32.2. The summed E-state index contributed by atoms with van der Waals surface area (Å²) in [5, 5.41) is 10.6. The molecule has 184 valence electrons. The van der Waals surface area contributed by atoms with E-state index in [1.165, 1.54) is 0 Å². The summed E-state index contributed by atoms with van der Waals surface area (Å²) in [5.41, 5.74) is 1.22. The van der Waals surface area contributed by atoms with Crippen molar-refractivity contribution >= 4 is 22.2 Å². The van der Waals surface area contributed by atoms with Crippen LogP contribution in [0, 0.1) is 5.41 Å². The smallest absolute Gasteiger partial charge is 0.243 e. The third-order valence-electron chi connectivity index (χ3n) is 6.06. The van der Waals surface area contributed by atoms with E-state index in [2.05, 4.69) is 29.1 Å². The van der Waals surface area contributed by atoms with Crippen LogP contribution in [0.3, 0.4) is 0 Å². The van der Waals surface area contributed by atoms with Crippen LogP contribution in [0.2, 0.25) is 0 Å². The third-order valence-corrected chi connectivity index (χ3v) is 7.96. The Kier molecular flexibility index (Phi) is 7.06. The summed E-state index contributed by atoms with van der Waals surface area (Å²) >= 11 is 0. The highest BCUT2D eigenvalue weighted by Crippen LogP contribution is 2.35. The van der Waals surface area contributed by atoms with Crippen molar-refractivity contribution in [2.45, 2.75) is 51.2 Å². The number of aromatic nitrogens is 2. The molecule has 2 aliphatic rings. The van der Waals surface area contributed by atoms with Gasteiger partial charge in [0, 0.05) is 44.5 Å². The van der Waals surface area contributed by atoms with Crippen molar-refractivity contribution in [1.29, 1.82) is 5.41 Å². The van der Waals surface area contributed by atoms with Crippen molar-refractivity contribution in [3.63, 3.8) is 0 Å². The summed E-state index contributed by atoms with van der Waals surface area (Å²) in [4.78, 5) is 11.4. The molecule has 2 N–H and O–H groups in total. The van der Waals surface area contributed by atoms with Crippen molar-refractivity contribution in [3.05, 3.63) is 30.1 Å². The first-order valence-corrected chi connectivity index (χ1v) is 13.1. The van der Waals surface area contributed by atoms with Crippen LogP contribution in [0.1, 0.15) is 33.4 Å². The first-order chi connectivity index (χ1) is 16.2. The molecule has 2 aliphatic heterocycles. The Hall–Kier alpha value is -2.76. The van der Waals surface area contributed by atoms with E-state index >= 15 is 0 Å². The van der Waals surface area contributed by atoms with Crippen LogP contribution >= 0.6 is 0 Å². The summed E-state index contributed by atoms with van der Waals surface area (Å²) < 4.78 is 36.3. The number of nitrogens with zero attached hydrogens (tertiary/aromatic N) is 5. The number of sulfonamides is 1. The highest BCUT2D eigenvalue weighted by Gasteiger charge is 2.31. The second kappa shape index (κ2) is 9.85. The number of amidine groups is 1. The number of benzene rings is 1. The van der Waals surface area contributed by atoms with E-state index < -0.39 is 10.0 Å². The standard InChI is InChI=1S/C23H33N7O3S/c1-16(2)26-22(25-15-24)20-14-29-11-12-33-21-6-5-18(13-19(21)23(29)27-20)34(31,32)30-9-7-28(8-10-30)17(3)4/h5-6,13-17H,7-12H2,1-4H3,(H2,24,25,26). The van der Waals surface area contributed by atoms with Gasteiger partial charge in [0.05, 0.1) is 17.0 Å². The molecule has 0 radical (unpaired) electrons. The van der Waals surface area contributed by atoms with Crippen LogP contribution in [0.25, 0.3) is 11.4 Å².